The summed E-state index contributed by atoms with van der Waals surface area (Å²) >= 11 is 10.6. The molecule has 2 heterocycles. The molecule has 2 saturated heterocycles. The molecular formula is C29H50BN2O14PS2. The molecule has 280 valence electrons. The number of nitrogens with one attached hydrogen (secondary N) is 2. The third kappa shape index (κ3) is 15.1. The van der Waals surface area contributed by atoms with Crippen LogP contribution in [-0.4, -0.2) is 131 Å². The predicted molar refractivity (Wildman–Crippen MR) is 185 cm³/mol. The number of unbranched alkanes of at least 4 members (excludes halogenated alkanes) is 1. The van der Waals surface area contributed by atoms with Gasteiger partial charge in [-0.15, -0.1) is 0 Å². The van der Waals surface area contributed by atoms with Crippen LogP contribution in [0, 0.1) is 5.92 Å². The second-order valence-corrected chi connectivity index (χ2v) is 15.2. The molecule has 0 radical (unpaired) electrons. The van der Waals surface area contributed by atoms with Gasteiger partial charge in [0.2, 0.25) is 5.91 Å². The molecule has 16 nitrogen and oxygen atoms in total. The zero-order valence-electron chi connectivity index (χ0n) is 29.1. The van der Waals surface area contributed by atoms with Gasteiger partial charge in [-0.3, -0.25) is 19.2 Å². The third-order valence-corrected chi connectivity index (χ3v) is 9.81. The highest BCUT2D eigenvalue weighted by atomic mass is 32.5. The van der Waals surface area contributed by atoms with Crippen LogP contribution in [0.5, 0.6) is 0 Å². The maximum absolute atomic E-state index is 12.1. The van der Waals surface area contributed by atoms with Gasteiger partial charge < -0.3 is 57.7 Å². The zero-order chi connectivity index (χ0) is 36.7. The highest BCUT2D eigenvalue weighted by Gasteiger charge is 2.51. The lowest BCUT2D eigenvalue weighted by atomic mass is 9.82. The first kappa shape index (κ1) is 43.4. The maximum atomic E-state index is 12.1. The summed E-state index contributed by atoms with van der Waals surface area (Å²) < 4.78 is 50.0. The number of carbonyl (C=O) groups excluding carboxylic acids is 4. The van der Waals surface area contributed by atoms with E-state index in [1.807, 2.05) is 7.85 Å². The van der Waals surface area contributed by atoms with E-state index in [1.165, 1.54) is 34.8 Å². The van der Waals surface area contributed by atoms with Crippen LogP contribution in [0.2, 0.25) is 0 Å². The van der Waals surface area contributed by atoms with Crippen molar-refractivity contribution in [2.24, 2.45) is 5.92 Å². The van der Waals surface area contributed by atoms with E-state index in [-0.39, 0.29) is 31.2 Å². The van der Waals surface area contributed by atoms with Gasteiger partial charge in [-0.05, 0) is 43.9 Å². The maximum Gasteiger partial charge on any atom is 0.324 e. The fourth-order valence-electron chi connectivity index (χ4n) is 5.71. The Bertz CT molecular complexity index is 1170. The van der Waals surface area contributed by atoms with Gasteiger partial charge in [-0.1, -0.05) is 12.2 Å². The van der Waals surface area contributed by atoms with Gasteiger partial charge in [-0.2, -0.15) is 0 Å². The van der Waals surface area contributed by atoms with E-state index in [4.69, 9.17) is 66.2 Å². The van der Waals surface area contributed by atoms with Gasteiger partial charge in [0.05, 0.1) is 11.6 Å². The summed E-state index contributed by atoms with van der Waals surface area (Å²) in [5.41, 5.74) is 0. The summed E-state index contributed by atoms with van der Waals surface area (Å²) in [4.78, 5) is 58.5. The lowest BCUT2D eigenvalue weighted by Crippen LogP contribution is -2.66. The lowest BCUT2D eigenvalue weighted by molar-refractivity contribution is -0.277. The molecule has 2 rings (SSSR count). The largest absolute Gasteiger partial charge is 0.463 e. The molecule has 2 unspecified atom stereocenters. The van der Waals surface area contributed by atoms with Crippen molar-refractivity contribution in [2.45, 2.75) is 109 Å². The Morgan fingerprint density at radius 1 is 0.898 bits per heavy atom. The first-order chi connectivity index (χ1) is 23.1. The number of hydrogen-bond donors (Lipinski definition) is 3. The van der Waals surface area contributed by atoms with Gasteiger partial charge >= 0.3 is 24.6 Å². The topological polar surface area (TPSA) is 196 Å². The summed E-state index contributed by atoms with van der Waals surface area (Å²) in [5, 5.41) is 5.94. The highest BCUT2D eigenvalue weighted by molar-refractivity contribution is 8.07. The van der Waals surface area contributed by atoms with Crippen LogP contribution >= 0.6 is 18.9 Å². The molecular weight excluding hydrogens is 706 g/mol. The van der Waals surface area contributed by atoms with Crippen LogP contribution in [0.15, 0.2) is 0 Å². The Kier molecular flexibility index (Phi) is 19.1. The first-order valence-electron chi connectivity index (χ1n) is 16.1. The van der Waals surface area contributed by atoms with Crippen molar-refractivity contribution in [1.29, 1.82) is 0 Å². The van der Waals surface area contributed by atoms with Gasteiger partial charge in [0.1, 0.15) is 38.8 Å². The van der Waals surface area contributed by atoms with Crippen molar-refractivity contribution in [2.75, 3.05) is 40.6 Å². The Morgan fingerprint density at radius 3 is 2.14 bits per heavy atom. The monoisotopic (exact) mass is 756 g/mol. The van der Waals surface area contributed by atoms with E-state index in [2.05, 4.69) is 10.6 Å². The Morgan fingerprint density at radius 2 is 1.55 bits per heavy atom. The third-order valence-electron chi connectivity index (χ3n) is 7.79. The molecule has 3 N–H and O–H groups in total. The molecule has 20 heteroatoms. The Hall–Kier alpha value is -1.80. The number of rotatable bonds is 20. The zero-order valence-corrected chi connectivity index (χ0v) is 31.6. The minimum Gasteiger partial charge on any atom is -0.463 e. The molecule has 0 aromatic carbocycles. The SMILES string of the molecule is B[C@@H]1O[C@H](COC)C(OP(O)(=S)OC)[C@@H]1CCCNC(=S)CCCCO[C@@H]1O[C@H](COC(C)=O)[C@H](OC(C)=O)[C@H](OC(C)=O)[C@H]1NC(C)=O. The molecule has 0 aromatic heterocycles. The number of carbonyl (C=O) groups is 4. The molecule has 2 aliphatic rings. The summed E-state index contributed by atoms with van der Waals surface area (Å²) in [6.07, 6.45) is -2.05. The van der Waals surface area contributed by atoms with Gasteiger partial charge in [0, 0.05) is 67.0 Å². The Labute approximate surface area is 298 Å². The lowest BCUT2D eigenvalue weighted by Gasteiger charge is -2.44. The van der Waals surface area contributed by atoms with Crippen molar-refractivity contribution in [1.82, 2.24) is 10.6 Å². The summed E-state index contributed by atoms with van der Waals surface area (Å²) in [5.74, 6) is -2.45. The quantitative estimate of drug-likeness (QED) is 0.0385. The molecule has 2 aliphatic heterocycles. The molecule has 0 spiro atoms. The molecule has 0 saturated carbocycles. The van der Waals surface area contributed by atoms with Crippen LogP contribution in [0.1, 0.15) is 59.8 Å². The minimum atomic E-state index is -3.40. The van der Waals surface area contributed by atoms with Gasteiger partial charge in [0.15, 0.2) is 18.5 Å². The molecule has 0 aliphatic carbocycles. The highest BCUT2D eigenvalue weighted by Crippen LogP contribution is 2.48. The van der Waals surface area contributed by atoms with Crippen LogP contribution in [0.3, 0.4) is 0 Å². The minimum absolute atomic E-state index is 0.0287. The van der Waals surface area contributed by atoms with E-state index in [0.29, 0.717) is 37.4 Å². The summed E-state index contributed by atoms with van der Waals surface area (Å²) in [6.45, 7) is 2.24. The predicted octanol–water partition coefficient (Wildman–Crippen LogP) is 0.396. The van der Waals surface area contributed by atoms with Crippen molar-refractivity contribution in [3.05, 3.63) is 0 Å². The standard InChI is InChI=1S/C29H50BN2O14PS2/c1-16(33)32-24-27(43-19(4)36)26(42-18(3)35)22(15-41-17(2)34)45-29(24)40-13-8-7-11-23(48)31-12-9-10-20-25(46-47(37,49)39-6)21(14-38-5)44-28(20)30/h20-22,24-29H,7-15,30H2,1-6H3,(H,31,48)(H,32,33)(H,37,49)/t20-,21+,22+,24+,25?,26-,27+,28+,29+,47?/m0/s1. The van der Waals surface area contributed by atoms with Gasteiger partial charge in [0.25, 0.3) is 0 Å². The average molecular weight is 757 g/mol. The second kappa shape index (κ2) is 21.5. The number of amides is 1. The van der Waals surface area contributed by atoms with E-state index in [1.54, 1.807) is 7.11 Å². The normalized spacial score (nSPS) is 29.3. The number of methoxy groups -OCH3 is 1. The first-order valence-corrected chi connectivity index (χ1v) is 19.1. The Balaban J connectivity index is 1.90. The van der Waals surface area contributed by atoms with Crippen LogP contribution in [-0.2, 0) is 73.2 Å². The average Bonchev–Trinajstić information content (AvgIpc) is 3.28. The smallest absolute Gasteiger partial charge is 0.324 e. The number of ether oxygens (including phenoxy) is 7. The molecule has 0 bridgehead atoms. The van der Waals surface area contributed by atoms with E-state index < -0.39 is 67.3 Å². The molecule has 49 heavy (non-hydrogen) atoms. The van der Waals surface area contributed by atoms with Gasteiger partial charge in [-0.25, -0.2) is 0 Å². The van der Waals surface area contributed by atoms with Crippen molar-refractivity contribution >= 4 is 67.4 Å². The van der Waals surface area contributed by atoms with Crippen molar-refractivity contribution in [3.63, 3.8) is 0 Å². The number of hydrogen-bond acceptors (Lipinski definition) is 15. The van der Waals surface area contributed by atoms with Crippen LogP contribution in [0.25, 0.3) is 0 Å². The second-order valence-electron chi connectivity index (χ2n) is 11.8. The number of thiocarbonyl (C=S) groups is 1. The molecule has 10 atom stereocenters. The number of esters is 3. The summed E-state index contributed by atoms with van der Waals surface area (Å²) in [7, 11) is 4.84. The van der Waals surface area contributed by atoms with Crippen LogP contribution < -0.4 is 10.6 Å². The molecule has 0 aromatic rings. The van der Waals surface area contributed by atoms with Crippen molar-refractivity contribution in [3.8, 4) is 0 Å². The van der Waals surface area contributed by atoms with E-state index in [0.717, 1.165) is 12.8 Å². The van der Waals surface area contributed by atoms with Crippen molar-refractivity contribution < 1.29 is 66.3 Å². The fraction of sp³-hybridized carbons (Fsp3) is 0.828. The van der Waals surface area contributed by atoms with Crippen LogP contribution in [0.4, 0.5) is 0 Å². The summed E-state index contributed by atoms with van der Waals surface area (Å²) in [6, 6.07) is -1.16. The molecule has 1 amide bonds. The fourth-order valence-corrected chi connectivity index (χ4v) is 6.94. The van der Waals surface area contributed by atoms with E-state index in [9.17, 15) is 24.1 Å². The van der Waals surface area contributed by atoms with E-state index >= 15 is 0 Å². The molecule has 2 fully saturated rings.